The summed E-state index contributed by atoms with van der Waals surface area (Å²) < 4.78 is 5.60. The first-order valence-corrected chi connectivity index (χ1v) is 9.63. The molecular weight excluding hydrogens is 346 g/mol. The number of nitrogens with zero attached hydrogens (tertiary/aromatic N) is 1. The van der Waals surface area contributed by atoms with E-state index in [0.717, 1.165) is 42.4 Å². The summed E-state index contributed by atoms with van der Waals surface area (Å²) >= 11 is 0. The lowest BCUT2D eigenvalue weighted by atomic mass is 9.91. The second-order valence-electron chi connectivity index (χ2n) is 6.66. The van der Waals surface area contributed by atoms with Crippen molar-refractivity contribution in [1.82, 2.24) is 0 Å². The fourth-order valence-corrected chi connectivity index (χ4v) is 3.26. The second kappa shape index (κ2) is 9.53. The molecule has 0 unspecified atom stereocenters. The van der Waals surface area contributed by atoms with E-state index in [4.69, 9.17) is 4.74 Å². The van der Waals surface area contributed by atoms with Gasteiger partial charge in [-0.05, 0) is 42.2 Å². The predicted molar refractivity (Wildman–Crippen MR) is 111 cm³/mol. The van der Waals surface area contributed by atoms with E-state index < -0.39 is 5.97 Å². The van der Waals surface area contributed by atoms with Crippen molar-refractivity contribution in [2.75, 3.05) is 0 Å². The Kier molecular flexibility index (Phi) is 6.59. The third-order valence-electron chi connectivity index (χ3n) is 4.69. The summed E-state index contributed by atoms with van der Waals surface area (Å²) in [5, 5.41) is 9.90. The van der Waals surface area contributed by atoms with Gasteiger partial charge < -0.3 is 4.74 Å². The molecule has 0 heterocycles. The number of benzene rings is 3. The summed E-state index contributed by atoms with van der Waals surface area (Å²) in [6.45, 7) is 2.17. The van der Waals surface area contributed by atoms with Crippen molar-refractivity contribution in [3.63, 3.8) is 0 Å². The Hall–Kier alpha value is -3.38. The van der Waals surface area contributed by atoms with Crippen LogP contribution in [0, 0.1) is 11.3 Å². The van der Waals surface area contributed by atoms with Crippen LogP contribution >= 0.6 is 0 Å². The van der Waals surface area contributed by atoms with Crippen molar-refractivity contribution in [2.45, 2.75) is 32.6 Å². The van der Waals surface area contributed by atoms with Crippen LogP contribution < -0.4 is 4.74 Å². The SMILES string of the molecule is CCCCCc1ccc(OC(=O)c2ccccc2)c(C#N)c1-c1ccccc1. The number of carbonyl (C=O) groups is 1. The van der Waals surface area contributed by atoms with Crippen LogP contribution in [-0.2, 0) is 6.42 Å². The first-order chi connectivity index (χ1) is 13.7. The van der Waals surface area contributed by atoms with Gasteiger partial charge in [0.15, 0.2) is 0 Å². The number of hydrogen-bond acceptors (Lipinski definition) is 3. The van der Waals surface area contributed by atoms with Gasteiger partial charge in [0, 0.05) is 5.56 Å². The standard InChI is InChI=1S/C25H23NO2/c1-2-3-6-11-20-16-17-23(28-25(27)21-14-9-5-10-15-21)22(18-26)24(20)19-12-7-4-8-13-19/h4-5,7-10,12-17H,2-3,6,11H2,1H3. The molecule has 0 bridgehead atoms. The molecule has 3 aromatic carbocycles. The maximum absolute atomic E-state index is 12.5. The fraction of sp³-hybridized carbons (Fsp3) is 0.200. The van der Waals surface area contributed by atoms with E-state index in [0.29, 0.717) is 16.9 Å². The summed E-state index contributed by atoms with van der Waals surface area (Å²) in [6, 6.07) is 24.6. The minimum Gasteiger partial charge on any atom is -0.421 e. The monoisotopic (exact) mass is 369 g/mol. The first kappa shape index (κ1) is 19.4. The van der Waals surface area contributed by atoms with E-state index in [1.165, 1.54) is 0 Å². The summed E-state index contributed by atoms with van der Waals surface area (Å²) in [6.07, 6.45) is 4.23. The molecule has 0 N–H and O–H groups in total. The van der Waals surface area contributed by atoms with E-state index in [1.807, 2.05) is 42.5 Å². The Balaban J connectivity index is 2.02. The number of hydrogen-bond donors (Lipinski definition) is 0. The minimum atomic E-state index is -0.463. The lowest BCUT2D eigenvalue weighted by Gasteiger charge is -2.15. The second-order valence-corrected chi connectivity index (χ2v) is 6.66. The van der Waals surface area contributed by atoms with Gasteiger partial charge in [0.25, 0.3) is 0 Å². The first-order valence-electron chi connectivity index (χ1n) is 9.63. The molecule has 0 radical (unpaired) electrons. The summed E-state index contributed by atoms with van der Waals surface area (Å²) in [4.78, 5) is 12.5. The van der Waals surface area contributed by atoms with Crippen molar-refractivity contribution < 1.29 is 9.53 Å². The Morgan fingerprint density at radius 2 is 1.61 bits per heavy atom. The van der Waals surface area contributed by atoms with Crippen LogP contribution in [0.5, 0.6) is 5.75 Å². The quantitative estimate of drug-likeness (QED) is 0.284. The largest absolute Gasteiger partial charge is 0.421 e. The van der Waals surface area contributed by atoms with Gasteiger partial charge in [0.05, 0.1) is 5.56 Å². The van der Waals surface area contributed by atoms with Gasteiger partial charge in [0.1, 0.15) is 17.4 Å². The van der Waals surface area contributed by atoms with E-state index in [2.05, 4.69) is 13.0 Å². The lowest BCUT2D eigenvalue weighted by molar-refractivity contribution is 0.0734. The van der Waals surface area contributed by atoms with Crippen LogP contribution in [0.4, 0.5) is 0 Å². The predicted octanol–water partition coefficient (Wildman–Crippen LogP) is 6.18. The van der Waals surface area contributed by atoms with Gasteiger partial charge in [-0.1, -0.05) is 74.4 Å². The average molecular weight is 369 g/mol. The maximum Gasteiger partial charge on any atom is 0.343 e. The lowest BCUT2D eigenvalue weighted by Crippen LogP contribution is -2.10. The van der Waals surface area contributed by atoms with Crippen molar-refractivity contribution in [1.29, 1.82) is 5.26 Å². The number of aryl methyl sites for hydroxylation is 1. The van der Waals surface area contributed by atoms with Gasteiger partial charge in [-0.3, -0.25) is 0 Å². The fourth-order valence-electron chi connectivity index (χ4n) is 3.26. The molecule has 28 heavy (non-hydrogen) atoms. The number of esters is 1. The van der Waals surface area contributed by atoms with Crippen LogP contribution in [0.2, 0.25) is 0 Å². The molecule has 140 valence electrons. The Labute approximate surface area is 166 Å². The van der Waals surface area contributed by atoms with Crippen molar-refractivity contribution in [3.8, 4) is 22.9 Å². The third-order valence-corrected chi connectivity index (χ3v) is 4.69. The molecule has 3 nitrogen and oxygen atoms in total. The molecule has 0 saturated heterocycles. The highest BCUT2D eigenvalue weighted by Crippen LogP contribution is 2.35. The highest BCUT2D eigenvalue weighted by atomic mass is 16.5. The molecule has 0 atom stereocenters. The number of nitriles is 1. The van der Waals surface area contributed by atoms with E-state index in [-0.39, 0.29) is 0 Å². The third kappa shape index (κ3) is 4.47. The molecular formula is C25H23NO2. The van der Waals surface area contributed by atoms with Gasteiger partial charge in [-0.2, -0.15) is 5.26 Å². The smallest absolute Gasteiger partial charge is 0.343 e. The molecule has 0 amide bonds. The zero-order valence-corrected chi connectivity index (χ0v) is 16.0. The molecule has 3 heteroatoms. The summed E-state index contributed by atoms with van der Waals surface area (Å²) in [7, 11) is 0. The van der Waals surface area contributed by atoms with Crippen molar-refractivity contribution in [3.05, 3.63) is 89.5 Å². The van der Waals surface area contributed by atoms with E-state index in [1.54, 1.807) is 30.3 Å². The van der Waals surface area contributed by atoms with E-state index in [9.17, 15) is 10.1 Å². The molecule has 0 aromatic heterocycles. The molecule has 3 rings (SSSR count). The van der Waals surface area contributed by atoms with Gasteiger partial charge in [-0.25, -0.2) is 4.79 Å². The normalized spacial score (nSPS) is 10.3. The maximum atomic E-state index is 12.5. The minimum absolute atomic E-state index is 0.300. The van der Waals surface area contributed by atoms with Gasteiger partial charge in [-0.15, -0.1) is 0 Å². The number of carbonyl (C=O) groups excluding carboxylic acids is 1. The number of ether oxygens (including phenoxy) is 1. The molecule has 0 spiro atoms. The molecule has 0 aliphatic heterocycles. The van der Waals surface area contributed by atoms with Crippen LogP contribution in [0.3, 0.4) is 0 Å². The van der Waals surface area contributed by atoms with Crippen LogP contribution in [0.25, 0.3) is 11.1 Å². The molecule has 3 aromatic rings. The van der Waals surface area contributed by atoms with Crippen molar-refractivity contribution >= 4 is 5.97 Å². The zero-order chi connectivity index (χ0) is 19.8. The molecule has 0 aliphatic carbocycles. The summed E-state index contributed by atoms with van der Waals surface area (Å²) in [5.41, 5.74) is 3.79. The highest BCUT2D eigenvalue weighted by molar-refractivity contribution is 5.92. The Bertz CT molecular complexity index is 973. The molecule has 0 aliphatic rings. The van der Waals surface area contributed by atoms with Gasteiger partial charge in [0.2, 0.25) is 0 Å². The number of rotatable bonds is 7. The van der Waals surface area contributed by atoms with Crippen LogP contribution in [0.1, 0.15) is 47.7 Å². The highest BCUT2D eigenvalue weighted by Gasteiger charge is 2.18. The number of unbranched alkanes of at least 4 members (excludes halogenated alkanes) is 2. The molecule has 0 saturated carbocycles. The van der Waals surface area contributed by atoms with Gasteiger partial charge >= 0.3 is 5.97 Å². The van der Waals surface area contributed by atoms with Crippen molar-refractivity contribution in [2.24, 2.45) is 0 Å². The topological polar surface area (TPSA) is 50.1 Å². The molecule has 0 fully saturated rings. The van der Waals surface area contributed by atoms with E-state index >= 15 is 0 Å². The summed E-state index contributed by atoms with van der Waals surface area (Å²) in [5.74, 6) is -0.163. The van der Waals surface area contributed by atoms with Crippen LogP contribution in [-0.4, -0.2) is 5.97 Å². The average Bonchev–Trinajstić information content (AvgIpc) is 2.75. The zero-order valence-electron chi connectivity index (χ0n) is 16.0. The Morgan fingerprint density at radius 1 is 0.929 bits per heavy atom. The Morgan fingerprint density at radius 3 is 2.25 bits per heavy atom. The van der Waals surface area contributed by atoms with Crippen LogP contribution in [0.15, 0.2) is 72.8 Å².